The van der Waals surface area contributed by atoms with Crippen molar-refractivity contribution in [2.75, 3.05) is 11.5 Å². The summed E-state index contributed by atoms with van der Waals surface area (Å²) in [5, 5.41) is 8.58. The summed E-state index contributed by atoms with van der Waals surface area (Å²) in [6.07, 6.45) is 0.858. The zero-order chi connectivity index (χ0) is 9.90. The molecule has 1 saturated heterocycles. The third-order valence-electron chi connectivity index (χ3n) is 1.96. The topological polar surface area (TPSA) is 70.0 Å². The Bertz CT molecular complexity index is 307. The first-order valence-electron chi connectivity index (χ1n) is 4.04. The summed E-state index contributed by atoms with van der Waals surface area (Å²) < 4.78 is 24.9. The van der Waals surface area contributed by atoms with Crippen LogP contribution in [0, 0.1) is 11.3 Å². The van der Waals surface area contributed by atoms with E-state index in [9.17, 15) is 8.42 Å². The van der Waals surface area contributed by atoms with Crippen LogP contribution in [0.3, 0.4) is 0 Å². The minimum Gasteiger partial charge on any atom is -0.211 e. The lowest BCUT2D eigenvalue weighted by atomic mass is 10.2. The van der Waals surface area contributed by atoms with Crippen LogP contribution in [0.2, 0.25) is 0 Å². The maximum absolute atomic E-state index is 11.2. The van der Waals surface area contributed by atoms with Gasteiger partial charge >= 0.3 is 0 Å². The summed E-state index contributed by atoms with van der Waals surface area (Å²) in [4.78, 5) is 0. The Hall–Kier alpha value is -0.250. The third-order valence-corrected chi connectivity index (χ3v) is 4.46. The Morgan fingerprint density at radius 1 is 1.69 bits per heavy atom. The average Bonchev–Trinajstić information content (AvgIpc) is 2.35. The third kappa shape index (κ3) is 3.18. The molecular weight excluding hydrogens is 208 g/mol. The average molecular weight is 220 g/mol. The van der Waals surface area contributed by atoms with E-state index in [4.69, 9.17) is 5.26 Å². The molecule has 74 valence electrons. The van der Waals surface area contributed by atoms with Gasteiger partial charge in [-0.2, -0.15) is 17.0 Å². The van der Waals surface area contributed by atoms with Gasteiger partial charge in [0, 0.05) is 11.3 Å². The second-order valence-corrected chi connectivity index (χ2v) is 6.25. The highest BCUT2D eigenvalue weighted by molar-refractivity contribution is 8.00. The fraction of sp³-hybridized carbons (Fsp3) is 0.857. The van der Waals surface area contributed by atoms with Crippen molar-refractivity contribution in [3.63, 3.8) is 0 Å². The Morgan fingerprint density at radius 2 is 2.38 bits per heavy atom. The van der Waals surface area contributed by atoms with Crippen LogP contribution in [-0.2, 0) is 10.0 Å². The van der Waals surface area contributed by atoms with Crippen molar-refractivity contribution in [2.45, 2.75) is 24.6 Å². The van der Waals surface area contributed by atoms with Crippen LogP contribution in [-0.4, -0.2) is 31.2 Å². The van der Waals surface area contributed by atoms with E-state index in [0.29, 0.717) is 5.25 Å². The molecule has 0 aromatic rings. The summed E-state index contributed by atoms with van der Waals surface area (Å²) in [6.45, 7) is 2.00. The van der Waals surface area contributed by atoms with Gasteiger partial charge in [-0.05, 0) is 12.2 Å². The predicted octanol–water partition coefficient (Wildman–Crippen LogP) is 0.323. The minimum absolute atomic E-state index is 0.00310. The predicted molar refractivity (Wildman–Crippen MR) is 52.9 cm³/mol. The van der Waals surface area contributed by atoms with Crippen LogP contribution in [0.5, 0.6) is 0 Å². The van der Waals surface area contributed by atoms with E-state index in [1.165, 1.54) is 0 Å². The monoisotopic (exact) mass is 220 g/mol. The first-order chi connectivity index (χ1) is 6.05. The maximum atomic E-state index is 11.2. The van der Waals surface area contributed by atoms with Crippen LogP contribution < -0.4 is 4.72 Å². The molecule has 1 N–H and O–H groups in total. The van der Waals surface area contributed by atoms with Crippen molar-refractivity contribution in [3.8, 4) is 6.07 Å². The van der Waals surface area contributed by atoms with Crippen LogP contribution >= 0.6 is 11.8 Å². The molecule has 1 fully saturated rings. The van der Waals surface area contributed by atoms with Crippen LogP contribution in [0.4, 0.5) is 0 Å². The number of nitrogens with one attached hydrogen (secondary N) is 1. The van der Waals surface area contributed by atoms with Gasteiger partial charge in [0.2, 0.25) is 10.0 Å². The molecule has 0 spiro atoms. The number of nitrogens with zero attached hydrogens (tertiary/aromatic N) is 1. The zero-order valence-corrected chi connectivity index (χ0v) is 8.99. The van der Waals surface area contributed by atoms with E-state index in [1.807, 2.05) is 6.92 Å². The van der Waals surface area contributed by atoms with E-state index in [2.05, 4.69) is 4.72 Å². The highest BCUT2D eigenvalue weighted by Gasteiger charge is 2.27. The first kappa shape index (κ1) is 10.8. The molecule has 0 amide bonds. The number of sulfonamides is 1. The van der Waals surface area contributed by atoms with Gasteiger partial charge in [0.25, 0.3) is 0 Å². The summed E-state index contributed by atoms with van der Waals surface area (Å²) in [7, 11) is -3.37. The van der Waals surface area contributed by atoms with E-state index in [1.54, 1.807) is 17.8 Å². The van der Waals surface area contributed by atoms with Crippen molar-refractivity contribution in [1.29, 1.82) is 5.26 Å². The number of thioether (sulfide) groups is 1. The molecule has 0 aromatic carbocycles. The van der Waals surface area contributed by atoms with Gasteiger partial charge in [-0.1, -0.05) is 6.92 Å². The fourth-order valence-electron chi connectivity index (χ4n) is 1.24. The van der Waals surface area contributed by atoms with E-state index < -0.39 is 15.8 Å². The Balaban J connectivity index is 2.54. The van der Waals surface area contributed by atoms with E-state index in [0.717, 1.165) is 12.2 Å². The van der Waals surface area contributed by atoms with E-state index in [-0.39, 0.29) is 6.04 Å². The van der Waals surface area contributed by atoms with Gasteiger partial charge < -0.3 is 0 Å². The van der Waals surface area contributed by atoms with Gasteiger partial charge in [0.05, 0.1) is 6.07 Å². The van der Waals surface area contributed by atoms with Gasteiger partial charge in [0.1, 0.15) is 0 Å². The number of rotatable bonds is 3. The molecule has 0 aliphatic carbocycles. The second-order valence-electron chi connectivity index (χ2n) is 3.01. The number of hydrogen-bond acceptors (Lipinski definition) is 4. The molecule has 1 aliphatic heterocycles. The van der Waals surface area contributed by atoms with Crippen molar-refractivity contribution >= 4 is 21.8 Å². The molecule has 0 saturated carbocycles. The fourth-order valence-corrected chi connectivity index (χ4v) is 3.56. The van der Waals surface area contributed by atoms with Gasteiger partial charge in [-0.25, -0.2) is 13.1 Å². The Morgan fingerprint density at radius 3 is 2.85 bits per heavy atom. The van der Waals surface area contributed by atoms with Gasteiger partial charge in [-0.15, -0.1) is 0 Å². The van der Waals surface area contributed by atoms with Crippen molar-refractivity contribution in [1.82, 2.24) is 4.72 Å². The highest BCUT2D eigenvalue weighted by Crippen LogP contribution is 2.26. The number of hydrogen-bond donors (Lipinski definition) is 1. The SMILES string of the molecule is CC1SCCC1NS(=O)(=O)CC#N. The lowest BCUT2D eigenvalue weighted by molar-refractivity contribution is 0.550. The molecule has 0 radical (unpaired) electrons. The van der Waals surface area contributed by atoms with Crippen molar-refractivity contribution < 1.29 is 8.42 Å². The van der Waals surface area contributed by atoms with Gasteiger partial charge in [0.15, 0.2) is 5.75 Å². The van der Waals surface area contributed by atoms with Crippen LogP contribution in [0.1, 0.15) is 13.3 Å². The molecule has 4 nitrogen and oxygen atoms in total. The minimum atomic E-state index is -3.37. The molecule has 1 rings (SSSR count). The molecule has 2 unspecified atom stereocenters. The molecule has 13 heavy (non-hydrogen) atoms. The molecule has 2 atom stereocenters. The molecule has 1 aliphatic rings. The largest absolute Gasteiger partial charge is 0.225 e. The quantitative estimate of drug-likeness (QED) is 0.744. The molecular formula is C7H12N2O2S2. The molecule has 1 heterocycles. The summed E-state index contributed by atoms with van der Waals surface area (Å²) in [5.74, 6) is 0.543. The normalized spacial score (nSPS) is 28.6. The highest BCUT2D eigenvalue weighted by atomic mass is 32.2. The lowest BCUT2D eigenvalue weighted by Crippen LogP contribution is -2.39. The van der Waals surface area contributed by atoms with Crippen molar-refractivity contribution in [2.24, 2.45) is 0 Å². The molecule has 6 heteroatoms. The zero-order valence-electron chi connectivity index (χ0n) is 7.36. The molecule has 0 aromatic heterocycles. The van der Waals surface area contributed by atoms with Gasteiger partial charge in [-0.3, -0.25) is 0 Å². The van der Waals surface area contributed by atoms with Crippen LogP contribution in [0.25, 0.3) is 0 Å². The lowest BCUT2D eigenvalue weighted by Gasteiger charge is -2.14. The van der Waals surface area contributed by atoms with Crippen molar-refractivity contribution in [3.05, 3.63) is 0 Å². The van der Waals surface area contributed by atoms with E-state index >= 15 is 0 Å². The Kier molecular flexibility index (Phi) is 3.59. The first-order valence-corrected chi connectivity index (χ1v) is 6.74. The summed E-state index contributed by atoms with van der Waals surface area (Å²) >= 11 is 1.75. The Labute approximate surface area is 82.7 Å². The van der Waals surface area contributed by atoms with Crippen LogP contribution in [0.15, 0.2) is 0 Å². The smallest absolute Gasteiger partial charge is 0.211 e. The molecule has 0 bridgehead atoms. The number of nitriles is 1. The standard InChI is InChI=1S/C7H12N2O2S2/c1-6-7(2-4-12-6)9-13(10,11)5-3-8/h6-7,9H,2,4-5H2,1H3. The maximum Gasteiger partial charge on any atom is 0.225 e. The summed E-state index contributed by atoms with van der Waals surface area (Å²) in [5.41, 5.74) is 0. The summed E-state index contributed by atoms with van der Waals surface area (Å²) in [6, 6.07) is 1.64. The second kappa shape index (κ2) is 4.31.